The van der Waals surface area contributed by atoms with Gasteiger partial charge in [-0.25, -0.2) is 0 Å². The van der Waals surface area contributed by atoms with E-state index >= 15 is 0 Å². The first kappa shape index (κ1) is 8.21. The lowest BCUT2D eigenvalue weighted by Crippen LogP contribution is -2.43. The fraction of sp³-hybridized carbons (Fsp3) is 0.571. The molecular weight excluding hydrogens is 146 g/mol. The van der Waals surface area contributed by atoms with Crippen LogP contribution in [0.1, 0.15) is 0 Å². The average molecular weight is 155 g/mol. The van der Waals surface area contributed by atoms with Crippen LogP contribution in [0.4, 0.5) is 0 Å². The molecule has 4 nitrogen and oxygen atoms in total. The van der Waals surface area contributed by atoms with Gasteiger partial charge in [0.25, 0.3) is 0 Å². The Morgan fingerprint density at radius 1 is 1.09 bits per heavy atom. The van der Waals surface area contributed by atoms with Crippen LogP contribution < -0.4 is 0 Å². The van der Waals surface area contributed by atoms with E-state index in [2.05, 4.69) is 0 Å². The molecule has 3 N–H and O–H groups in total. The van der Waals surface area contributed by atoms with E-state index in [0.29, 0.717) is 0 Å². The van der Waals surface area contributed by atoms with Crippen LogP contribution in [-0.2, 0) is 0 Å². The van der Waals surface area contributed by atoms with Crippen molar-refractivity contribution in [3.05, 3.63) is 12.2 Å². The molecule has 0 aromatic carbocycles. The number of aliphatic hydroxyl groups excluding tert-OH is 3. The maximum atomic E-state index is 9.12. The van der Waals surface area contributed by atoms with Crippen molar-refractivity contribution in [1.29, 1.82) is 5.26 Å². The number of aliphatic hydroxyl groups is 3. The number of nitriles is 1. The Labute approximate surface area is 64.0 Å². The lowest BCUT2D eigenvalue weighted by molar-refractivity contribution is -0.0568. The van der Waals surface area contributed by atoms with Gasteiger partial charge in [0.05, 0.1) is 12.0 Å². The zero-order valence-electron chi connectivity index (χ0n) is 5.75. The van der Waals surface area contributed by atoms with Gasteiger partial charge in [0.2, 0.25) is 0 Å². The van der Waals surface area contributed by atoms with Gasteiger partial charge in [0.15, 0.2) is 0 Å². The molecule has 1 aliphatic carbocycles. The minimum atomic E-state index is -1.25. The van der Waals surface area contributed by atoms with E-state index < -0.39 is 24.2 Å². The zero-order chi connectivity index (χ0) is 8.43. The van der Waals surface area contributed by atoms with Gasteiger partial charge in [-0.3, -0.25) is 0 Å². The molecule has 0 heterocycles. The minimum Gasteiger partial charge on any atom is -0.389 e. The molecule has 0 spiro atoms. The minimum absolute atomic E-state index is 0.714. The normalized spacial score (nSPS) is 43.5. The average Bonchev–Trinajstić information content (AvgIpc) is 2.01. The van der Waals surface area contributed by atoms with Gasteiger partial charge in [0.1, 0.15) is 18.3 Å². The Hall–Kier alpha value is -0.890. The Morgan fingerprint density at radius 3 is 2.27 bits per heavy atom. The van der Waals surface area contributed by atoms with E-state index in [4.69, 9.17) is 20.6 Å². The maximum absolute atomic E-state index is 9.12. The van der Waals surface area contributed by atoms with Gasteiger partial charge < -0.3 is 15.3 Å². The number of hydrogen-bond donors (Lipinski definition) is 3. The highest BCUT2D eigenvalue weighted by Gasteiger charge is 2.32. The Bertz CT molecular complexity index is 208. The summed E-state index contributed by atoms with van der Waals surface area (Å²) in [5, 5.41) is 35.5. The molecule has 1 aliphatic rings. The van der Waals surface area contributed by atoms with E-state index in [1.54, 1.807) is 6.07 Å². The topological polar surface area (TPSA) is 84.5 Å². The molecule has 0 saturated carbocycles. The van der Waals surface area contributed by atoms with Crippen LogP contribution in [0.3, 0.4) is 0 Å². The summed E-state index contributed by atoms with van der Waals surface area (Å²) in [6.45, 7) is 0. The molecule has 0 fully saturated rings. The van der Waals surface area contributed by atoms with Crippen LogP contribution in [0.5, 0.6) is 0 Å². The summed E-state index contributed by atoms with van der Waals surface area (Å²) < 4.78 is 0. The second-order valence-corrected chi connectivity index (χ2v) is 2.51. The van der Waals surface area contributed by atoms with Gasteiger partial charge >= 0.3 is 0 Å². The van der Waals surface area contributed by atoms with E-state index in [-0.39, 0.29) is 0 Å². The standard InChI is InChI=1S/C7H9NO3/c8-3-4-1-2-5(9)7(11)6(4)10/h1-2,4-7,9-11H/t4-,5+,6-,7-/m1/s1. The summed E-state index contributed by atoms with van der Waals surface area (Å²) in [6.07, 6.45) is -0.785. The van der Waals surface area contributed by atoms with Gasteiger partial charge in [-0.2, -0.15) is 5.26 Å². The molecule has 0 aliphatic heterocycles. The molecule has 4 atom stereocenters. The Kier molecular flexibility index (Phi) is 2.25. The molecule has 0 saturated heterocycles. The number of rotatable bonds is 0. The summed E-state index contributed by atoms with van der Waals surface area (Å²) in [4.78, 5) is 0. The number of hydrogen-bond acceptors (Lipinski definition) is 4. The summed E-state index contributed by atoms with van der Waals surface area (Å²) in [5.74, 6) is -0.714. The smallest absolute Gasteiger partial charge is 0.111 e. The largest absolute Gasteiger partial charge is 0.389 e. The monoisotopic (exact) mass is 155 g/mol. The molecule has 0 radical (unpaired) electrons. The predicted molar refractivity (Wildman–Crippen MR) is 36.3 cm³/mol. The highest BCUT2D eigenvalue weighted by Crippen LogP contribution is 2.17. The van der Waals surface area contributed by atoms with Crippen LogP contribution >= 0.6 is 0 Å². The van der Waals surface area contributed by atoms with Gasteiger partial charge in [-0.05, 0) is 0 Å². The van der Waals surface area contributed by atoms with Crippen molar-refractivity contribution >= 4 is 0 Å². The summed E-state index contributed by atoms with van der Waals surface area (Å²) in [7, 11) is 0. The van der Waals surface area contributed by atoms with Crippen molar-refractivity contribution in [3.63, 3.8) is 0 Å². The second kappa shape index (κ2) is 3.01. The van der Waals surface area contributed by atoms with E-state index in [0.717, 1.165) is 0 Å². The second-order valence-electron chi connectivity index (χ2n) is 2.51. The highest BCUT2D eigenvalue weighted by atomic mass is 16.4. The molecule has 11 heavy (non-hydrogen) atoms. The molecule has 0 bridgehead atoms. The molecular formula is C7H9NO3. The van der Waals surface area contributed by atoms with Crippen LogP contribution in [-0.4, -0.2) is 33.6 Å². The molecule has 4 heteroatoms. The summed E-state index contributed by atoms with van der Waals surface area (Å²) in [6, 6.07) is 1.80. The van der Waals surface area contributed by atoms with E-state index in [9.17, 15) is 0 Å². The third kappa shape index (κ3) is 1.40. The maximum Gasteiger partial charge on any atom is 0.111 e. The van der Waals surface area contributed by atoms with Crippen LogP contribution in [0.2, 0.25) is 0 Å². The summed E-state index contributed by atoms with van der Waals surface area (Å²) >= 11 is 0. The fourth-order valence-electron chi connectivity index (χ4n) is 0.995. The van der Waals surface area contributed by atoms with Gasteiger partial charge in [-0.15, -0.1) is 0 Å². The Balaban J connectivity index is 2.78. The molecule has 0 aromatic heterocycles. The SMILES string of the molecule is N#C[C@H]1C=C[C@H](O)[C@@H](O)[C@@H]1O. The molecule has 0 unspecified atom stereocenters. The van der Waals surface area contributed by atoms with E-state index in [1.165, 1.54) is 12.2 Å². The van der Waals surface area contributed by atoms with Crippen molar-refractivity contribution < 1.29 is 15.3 Å². The zero-order valence-corrected chi connectivity index (χ0v) is 5.75. The van der Waals surface area contributed by atoms with Gasteiger partial charge in [0, 0.05) is 0 Å². The summed E-state index contributed by atoms with van der Waals surface area (Å²) in [5.41, 5.74) is 0. The van der Waals surface area contributed by atoms with Crippen molar-refractivity contribution in [2.45, 2.75) is 18.3 Å². The van der Waals surface area contributed by atoms with Crippen LogP contribution in [0, 0.1) is 17.2 Å². The van der Waals surface area contributed by atoms with Crippen LogP contribution in [0.25, 0.3) is 0 Å². The Morgan fingerprint density at radius 2 is 1.73 bits per heavy atom. The van der Waals surface area contributed by atoms with Crippen molar-refractivity contribution in [1.82, 2.24) is 0 Å². The van der Waals surface area contributed by atoms with Crippen LogP contribution in [0.15, 0.2) is 12.2 Å². The molecule has 0 aromatic rings. The lowest BCUT2D eigenvalue weighted by Gasteiger charge is -2.26. The van der Waals surface area contributed by atoms with E-state index in [1.807, 2.05) is 0 Å². The quantitative estimate of drug-likeness (QED) is 0.383. The van der Waals surface area contributed by atoms with Gasteiger partial charge in [-0.1, -0.05) is 12.2 Å². The third-order valence-electron chi connectivity index (χ3n) is 1.73. The first-order valence-corrected chi connectivity index (χ1v) is 3.29. The third-order valence-corrected chi connectivity index (χ3v) is 1.73. The molecule has 60 valence electrons. The molecule has 1 rings (SSSR count). The van der Waals surface area contributed by atoms with Crippen molar-refractivity contribution in [2.75, 3.05) is 0 Å². The highest BCUT2D eigenvalue weighted by molar-refractivity contribution is 5.13. The lowest BCUT2D eigenvalue weighted by atomic mass is 9.90. The number of nitrogens with zero attached hydrogens (tertiary/aromatic N) is 1. The fourth-order valence-corrected chi connectivity index (χ4v) is 0.995. The first-order valence-electron chi connectivity index (χ1n) is 3.29. The molecule has 0 amide bonds. The van der Waals surface area contributed by atoms with Crippen molar-refractivity contribution in [2.24, 2.45) is 5.92 Å². The first-order chi connectivity index (χ1) is 5.16. The van der Waals surface area contributed by atoms with Crippen molar-refractivity contribution in [3.8, 4) is 6.07 Å². The predicted octanol–water partition coefficient (Wildman–Crippen LogP) is -1.22.